The molecule has 0 amide bonds. The summed E-state index contributed by atoms with van der Waals surface area (Å²) >= 11 is 1.76. The third-order valence-electron chi connectivity index (χ3n) is 6.19. The van der Waals surface area contributed by atoms with Crippen LogP contribution in [0.5, 0.6) is 0 Å². The van der Waals surface area contributed by atoms with Gasteiger partial charge in [-0.1, -0.05) is 18.2 Å². The molecule has 0 saturated heterocycles. The van der Waals surface area contributed by atoms with Gasteiger partial charge in [0.15, 0.2) is 5.71 Å². The highest BCUT2D eigenvalue weighted by atomic mass is 32.1. The first kappa shape index (κ1) is 20.5. The molecule has 4 heteroatoms. The third-order valence-corrected chi connectivity index (χ3v) is 7.07. The van der Waals surface area contributed by atoms with Crippen molar-refractivity contribution >= 4 is 34.5 Å². The first-order chi connectivity index (χ1) is 14.4. The summed E-state index contributed by atoms with van der Waals surface area (Å²) in [5.74, 6) is -0.180. The van der Waals surface area contributed by atoms with Crippen molar-refractivity contribution in [1.29, 1.82) is 0 Å². The molecule has 1 aliphatic heterocycles. The van der Waals surface area contributed by atoms with Crippen LogP contribution in [0, 0.1) is 5.82 Å². The minimum absolute atomic E-state index is 0.180. The second-order valence-corrected chi connectivity index (χ2v) is 9.17. The Morgan fingerprint density at radius 3 is 2.53 bits per heavy atom. The molecule has 0 fully saturated rings. The van der Waals surface area contributed by atoms with E-state index in [9.17, 15) is 4.39 Å². The fourth-order valence-corrected chi connectivity index (χ4v) is 5.18. The summed E-state index contributed by atoms with van der Waals surface area (Å²) in [4.78, 5) is 3.52. The summed E-state index contributed by atoms with van der Waals surface area (Å²) in [7, 11) is 4.18. The maximum Gasteiger partial charge on any atom is 0.209 e. The number of fused-ring (bicyclic) bond motifs is 1. The van der Waals surface area contributed by atoms with Crippen LogP contribution in [0.3, 0.4) is 0 Å². The SMILES string of the molecule is CCN(C)c1ccc(/C=C/C2=[N+](C)c3ccc(F)cc3C2(C)Cc2cccs2)cc1. The fraction of sp³-hybridized carbons (Fsp3) is 0.269. The van der Waals surface area contributed by atoms with Crippen molar-refractivity contribution in [3.8, 4) is 0 Å². The Balaban J connectivity index is 1.71. The van der Waals surface area contributed by atoms with Crippen molar-refractivity contribution in [3.63, 3.8) is 0 Å². The van der Waals surface area contributed by atoms with Gasteiger partial charge in [-0.2, -0.15) is 4.58 Å². The van der Waals surface area contributed by atoms with Gasteiger partial charge >= 0.3 is 0 Å². The average Bonchev–Trinajstić information content (AvgIpc) is 3.32. The molecule has 0 aliphatic carbocycles. The lowest BCUT2D eigenvalue weighted by Gasteiger charge is -2.22. The zero-order valence-electron chi connectivity index (χ0n) is 18.0. The molecule has 3 aromatic rings. The zero-order chi connectivity index (χ0) is 21.3. The Bertz CT molecular complexity index is 1100. The molecule has 0 spiro atoms. The van der Waals surface area contributed by atoms with Crippen molar-refractivity contribution in [2.75, 3.05) is 25.5 Å². The normalized spacial score (nSPS) is 18.3. The van der Waals surface area contributed by atoms with Crippen LogP contribution in [-0.4, -0.2) is 30.9 Å². The van der Waals surface area contributed by atoms with Gasteiger partial charge in [-0.15, -0.1) is 11.3 Å². The van der Waals surface area contributed by atoms with E-state index in [1.807, 2.05) is 6.07 Å². The molecule has 2 nitrogen and oxygen atoms in total. The van der Waals surface area contributed by atoms with Crippen molar-refractivity contribution in [2.45, 2.75) is 25.7 Å². The summed E-state index contributed by atoms with van der Waals surface area (Å²) in [6.07, 6.45) is 5.21. The standard InChI is InChI=1S/C26H28FN2S/c1-5-28(3)21-12-8-19(9-13-21)10-15-25-26(2,18-22-7-6-16-30-22)23-17-20(27)11-14-24(23)29(25)4/h6-17H,5,18H2,1-4H3/q+1. The van der Waals surface area contributed by atoms with E-state index < -0.39 is 0 Å². The zero-order valence-corrected chi connectivity index (χ0v) is 18.8. The lowest BCUT2D eigenvalue weighted by Crippen LogP contribution is -2.32. The quantitative estimate of drug-likeness (QED) is 0.426. The Hall–Kier alpha value is -2.72. The minimum atomic E-state index is -0.282. The highest BCUT2D eigenvalue weighted by Crippen LogP contribution is 2.43. The molecule has 2 aromatic carbocycles. The van der Waals surface area contributed by atoms with Gasteiger partial charge in [0, 0.05) is 48.3 Å². The highest BCUT2D eigenvalue weighted by molar-refractivity contribution is 7.09. The fourth-order valence-electron chi connectivity index (χ4n) is 4.32. The summed E-state index contributed by atoms with van der Waals surface area (Å²) < 4.78 is 16.4. The summed E-state index contributed by atoms with van der Waals surface area (Å²) in [6, 6.07) is 18.0. The van der Waals surface area contributed by atoms with E-state index in [0.717, 1.165) is 29.8 Å². The number of nitrogens with zero attached hydrogens (tertiary/aromatic N) is 2. The first-order valence-electron chi connectivity index (χ1n) is 10.3. The molecule has 154 valence electrons. The predicted octanol–water partition coefficient (Wildman–Crippen LogP) is 6.29. The molecule has 0 radical (unpaired) electrons. The third kappa shape index (κ3) is 3.72. The summed E-state index contributed by atoms with van der Waals surface area (Å²) in [6.45, 7) is 5.36. The molecule has 0 bridgehead atoms. The van der Waals surface area contributed by atoms with Crippen LogP contribution in [0.1, 0.15) is 29.9 Å². The van der Waals surface area contributed by atoms with Crippen LogP contribution < -0.4 is 4.90 Å². The van der Waals surface area contributed by atoms with Crippen LogP contribution in [0.25, 0.3) is 6.08 Å². The topological polar surface area (TPSA) is 6.25 Å². The Kier molecular flexibility index (Phi) is 5.61. The van der Waals surface area contributed by atoms with Crippen molar-refractivity contribution in [3.05, 3.63) is 87.9 Å². The Labute approximate surface area is 182 Å². The van der Waals surface area contributed by atoms with E-state index in [4.69, 9.17) is 0 Å². The molecule has 1 atom stereocenters. The predicted molar refractivity (Wildman–Crippen MR) is 127 cm³/mol. The van der Waals surface area contributed by atoms with E-state index in [1.165, 1.54) is 16.3 Å². The second kappa shape index (κ2) is 8.19. The van der Waals surface area contributed by atoms with E-state index >= 15 is 0 Å². The maximum atomic E-state index is 14.2. The summed E-state index contributed by atoms with van der Waals surface area (Å²) in [5.41, 5.74) is 5.41. The van der Waals surface area contributed by atoms with E-state index in [2.05, 4.69) is 91.3 Å². The van der Waals surface area contributed by atoms with Crippen LogP contribution in [0.4, 0.5) is 15.8 Å². The number of anilines is 1. The van der Waals surface area contributed by atoms with Gasteiger partial charge in [0.2, 0.25) is 5.69 Å². The lowest BCUT2D eigenvalue weighted by molar-refractivity contribution is -0.401. The summed E-state index contributed by atoms with van der Waals surface area (Å²) in [5, 5.41) is 2.11. The molecule has 1 aliphatic rings. The van der Waals surface area contributed by atoms with Gasteiger partial charge in [0.25, 0.3) is 0 Å². The van der Waals surface area contributed by atoms with Crippen LogP contribution >= 0.6 is 11.3 Å². The van der Waals surface area contributed by atoms with Gasteiger partial charge in [0.1, 0.15) is 12.9 Å². The van der Waals surface area contributed by atoms with Crippen LogP contribution in [0.2, 0.25) is 0 Å². The van der Waals surface area contributed by atoms with Gasteiger partial charge in [-0.25, -0.2) is 4.39 Å². The number of benzene rings is 2. The molecule has 30 heavy (non-hydrogen) atoms. The smallest absolute Gasteiger partial charge is 0.209 e. The lowest BCUT2D eigenvalue weighted by atomic mass is 9.76. The van der Waals surface area contributed by atoms with Gasteiger partial charge < -0.3 is 4.90 Å². The number of thiophene rings is 1. The van der Waals surface area contributed by atoms with Crippen molar-refractivity contribution < 1.29 is 8.97 Å². The Morgan fingerprint density at radius 2 is 1.87 bits per heavy atom. The van der Waals surface area contributed by atoms with E-state index in [-0.39, 0.29) is 11.2 Å². The van der Waals surface area contributed by atoms with Gasteiger partial charge in [0.05, 0.1) is 5.41 Å². The number of hydrogen-bond acceptors (Lipinski definition) is 2. The Morgan fingerprint density at radius 1 is 1.10 bits per heavy atom. The molecule has 1 aromatic heterocycles. The largest absolute Gasteiger partial charge is 0.375 e. The molecule has 1 unspecified atom stereocenters. The minimum Gasteiger partial charge on any atom is -0.375 e. The second-order valence-electron chi connectivity index (χ2n) is 8.13. The number of rotatable bonds is 6. The average molecular weight is 420 g/mol. The molecule has 0 N–H and O–H groups in total. The van der Waals surface area contributed by atoms with Crippen molar-refractivity contribution in [1.82, 2.24) is 0 Å². The molecular formula is C26H28FN2S+. The number of allylic oxidation sites excluding steroid dienone is 1. The van der Waals surface area contributed by atoms with Crippen LogP contribution in [0.15, 0.2) is 66.1 Å². The highest BCUT2D eigenvalue weighted by Gasteiger charge is 2.47. The monoisotopic (exact) mass is 419 g/mol. The van der Waals surface area contributed by atoms with Crippen LogP contribution in [-0.2, 0) is 11.8 Å². The first-order valence-corrected chi connectivity index (χ1v) is 11.2. The van der Waals surface area contributed by atoms with Gasteiger partial charge in [-0.3, -0.25) is 0 Å². The van der Waals surface area contributed by atoms with Gasteiger partial charge in [-0.05, 0) is 61.2 Å². The molecular weight excluding hydrogens is 391 g/mol. The maximum absolute atomic E-state index is 14.2. The molecule has 0 saturated carbocycles. The van der Waals surface area contributed by atoms with E-state index in [0.29, 0.717) is 0 Å². The molecule has 4 rings (SSSR count). The molecule has 2 heterocycles. The van der Waals surface area contributed by atoms with Crippen molar-refractivity contribution in [2.24, 2.45) is 0 Å². The number of hydrogen-bond donors (Lipinski definition) is 0. The van der Waals surface area contributed by atoms with E-state index in [1.54, 1.807) is 23.5 Å². The number of halogens is 1.